The highest BCUT2D eigenvalue weighted by Crippen LogP contribution is 2.32. The van der Waals surface area contributed by atoms with Gasteiger partial charge in [0.15, 0.2) is 11.5 Å². The summed E-state index contributed by atoms with van der Waals surface area (Å²) in [7, 11) is 4.74. The first-order chi connectivity index (χ1) is 16.0. The third-order valence-corrected chi connectivity index (χ3v) is 6.06. The van der Waals surface area contributed by atoms with E-state index in [2.05, 4.69) is 5.32 Å². The van der Waals surface area contributed by atoms with Gasteiger partial charge >= 0.3 is 0 Å². The van der Waals surface area contributed by atoms with Crippen molar-refractivity contribution in [3.8, 4) is 17.2 Å². The van der Waals surface area contributed by atoms with Crippen molar-refractivity contribution in [3.05, 3.63) is 60.2 Å². The van der Waals surface area contributed by atoms with Crippen LogP contribution in [-0.4, -0.2) is 51.1 Å². The van der Waals surface area contributed by atoms with E-state index in [-0.39, 0.29) is 17.7 Å². The summed E-state index contributed by atoms with van der Waals surface area (Å²) in [6, 6.07) is 16.6. The normalized spacial score (nSPS) is 15.7. The molecule has 0 bridgehead atoms. The van der Waals surface area contributed by atoms with Crippen LogP contribution < -0.4 is 19.5 Å². The molecular formula is C26H28N2O5. The van der Waals surface area contributed by atoms with E-state index in [1.807, 2.05) is 30.3 Å². The van der Waals surface area contributed by atoms with Crippen LogP contribution >= 0.6 is 0 Å². The number of ether oxygens (including phenoxy) is 3. The van der Waals surface area contributed by atoms with Crippen molar-refractivity contribution in [2.24, 2.45) is 5.92 Å². The second-order valence-corrected chi connectivity index (χ2v) is 8.01. The topological polar surface area (TPSA) is 77.1 Å². The molecule has 1 fully saturated rings. The first-order valence-corrected chi connectivity index (χ1v) is 10.9. The van der Waals surface area contributed by atoms with Gasteiger partial charge in [-0.25, -0.2) is 0 Å². The lowest BCUT2D eigenvalue weighted by molar-refractivity contribution is -0.121. The maximum Gasteiger partial charge on any atom is 0.254 e. The second kappa shape index (κ2) is 9.81. The Hall–Kier alpha value is -3.74. The summed E-state index contributed by atoms with van der Waals surface area (Å²) in [4.78, 5) is 28.2. The van der Waals surface area contributed by atoms with Crippen LogP contribution in [0.15, 0.2) is 54.6 Å². The molecule has 1 N–H and O–H groups in total. The molecule has 0 saturated carbocycles. The molecule has 172 valence electrons. The Morgan fingerprint density at radius 2 is 1.58 bits per heavy atom. The van der Waals surface area contributed by atoms with Gasteiger partial charge in [-0.3, -0.25) is 9.59 Å². The average Bonchev–Trinajstić information content (AvgIpc) is 2.87. The van der Waals surface area contributed by atoms with Crippen LogP contribution in [0.4, 0.5) is 5.69 Å². The molecule has 1 heterocycles. The third kappa shape index (κ3) is 4.58. The summed E-state index contributed by atoms with van der Waals surface area (Å²) >= 11 is 0. The maximum absolute atomic E-state index is 13.4. The van der Waals surface area contributed by atoms with Crippen molar-refractivity contribution in [2.75, 3.05) is 39.7 Å². The molecular weight excluding hydrogens is 420 g/mol. The lowest BCUT2D eigenvalue weighted by Crippen LogP contribution is -2.43. The number of piperidine rings is 1. The van der Waals surface area contributed by atoms with Gasteiger partial charge in [-0.1, -0.05) is 24.3 Å². The summed E-state index contributed by atoms with van der Waals surface area (Å²) in [5, 5.41) is 4.69. The molecule has 3 aromatic rings. The van der Waals surface area contributed by atoms with E-state index in [4.69, 9.17) is 14.2 Å². The first-order valence-electron chi connectivity index (χ1n) is 10.9. The fourth-order valence-electron chi connectivity index (χ4n) is 4.34. The number of fused-ring (bicyclic) bond motifs is 1. The van der Waals surface area contributed by atoms with Gasteiger partial charge in [0.25, 0.3) is 5.91 Å². The molecule has 4 rings (SSSR count). The number of rotatable bonds is 6. The van der Waals surface area contributed by atoms with Crippen LogP contribution in [0.3, 0.4) is 0 Å². The van der Waals surface area contributed by atoms with E-state index in [1.54, 1.807) is 50.5 Å². The molecule has 0 aromatic heterocycles. The fraction of sp³-hybridized carbons (Fsp3) is 0.308. The largest absolute Gasteiger partial charge is 0.496 e. The Morgan fingerprint density at radius 3 is 2.30 bits per heavy atom. The Bertz CT molecular complexity index is 1180. The van der Waals surface area contributed by atoms with Crippen LogP contribution in [0.2, 0.25) is 0 Å². The summed E-state index contributed by atoms with van der Waals surface area (Å²) in [5.41, 5.74) is 1.24. The van der Waals surface area contributed by atoms with Gasteiger partial charge in [0.1, 0.15) is 5.75 Å². The van der Waals surface area contributed by atoms with Crippen LogP contribution in [0.5, 0.6) is 17.2 Å². The molecule has 0 spiro atoms. The summed E-state index contributed by atoms with van der Waals surface area (Å²) in [6.45, 7) is 0.998. The average molecular weight is 449 g/mol. The minimum absolute atomic E-state index is 0.0718. The van der Waals surface area contributed by atoms with Gasteiger partial charge in [0.05, 0.1) is 27.2 Å². The first kappa shape index (κ1) is 22.5. The predicted octanol–water partition coefficient (Wildman–Crippen LogP) is 4.36. The number of carbonyl (C=O) groups excluding carboxylic acids is 2. The number of likely N-dealkylation sites (tertiary alicyclic amines) is 1. The zero-order valence-electron chi connectivity index (χ0n) is 19.1. The smallest absolute Gasteiger partial charge is 0.254 e. The number of anilines is 1. The van der Waals surface area contributed by atoms with Gasteiger partial charge in [-0.15, -0.1) is 0 Å². The van der Waals surface area contributed by atoms with Crippen LogP contribution in [0.1, 0.15) is 23.2 Å². The zero-order chi connectivity index (χ0) is 23.4. The highest BCUT2D eigenvalue weighted by atomic mass is 16.5. The molecule has 33 heavy (non-hydrogen) atoms. The van der Waals surface area contributed by atoms with Crippen molar-refractivity contribution < 1.29 is 23.8 Å². The minimum Gasteiger partial charge on any atom is -0.496 e. The lowest BCUT2D eigenvalue weighted by Gasteiger charge is -2.32. The van der Waals surface area contributed by atoms with Gasteiger partial charge in [-0.05, 0) is 42.5 Å². The molecule has 7 heteroatoms. The summed E-state index contributed by atoms with van der Waals surface area (Å²) < 4.78 is 16.0. The van der Waals surface area contributed by atoms with Crippen molar-refractivity contribution >= 4 is 28.3 Å². The van der Waals surface area contributed by atoms with Crippen LogP contribution in [-0.2, 0) is 4.79 Å². The van der Waals surface area contributed by atoms with E-state index in [0.29, 0.717) is 35.8 Å². The molecule has 1 saturated heterocycles. The summed E-state index contributed by atoms with van der Waals surface area (Å²) in [5.74, 6) is 1.39. The molecule has 3 aromatic carbocycles. The van der Waals surface area contributed by atoms with Crippen molar-refractivity contribution in [1.29, 1.82) is 0 Å². The Kier molecular flexibility index (Phi) is 6.68. The maximum atomic E-state index is 13.4. The van der Waals surface area contributed by atoms with Crippen molar-refractivity contribution in [2.45, 2.75) is 12.8 Å². The molecule has 1 aliphatic rings. The molecule has 2 amide bonds. The second-order valence-electron chi connectivity index (χ2n) is 8.01. The van der Waals surface area contributed by atoms with Crippen LogP contribution in [0, 0.1) is 5.92 Å². The van der Waals surface area contributed by atoms with Crippen LogP contribution in [0.25, 0.3) is 10.8 Å². The van der Waals surface area contributed by atoms with E-state index in [1.165, 1.54) is 0 Å². The molecule has 0 aliphatic carbocycles. The lowest BCUT2D eigenvalue weighted by atomic mass is 9.95. The number of nitrogens with one attached hydrogen (secondary N) is 1. The summed E-state index contributed by atoms with van der Waals surface area (Å²) in [6.07, 6.45) is 1.50. The number of carbonyl (C=O) groups is 2. The molecule has 0 radical (unpaired) electrons. The van der Waals surface area contributed by atoms with E-state index < -0.39 is 0 Å². The van der Waals surface area contributed by atoms with Gasteiger partial charge in [-0.2, -0.15) is 0 Å². The van der Waals surface area contributed by atoms with Gasteiger partial charge < -0.3 is 24.4 Å². The van der Waals surface area contributed by atoms with E-state index in [0.717, 1.165) is 29.4 Å². The van der Waals surface area contributed by atoms with Gasteiger partial charge in [0, 0.05) is 35.8 Å². The third-order valence-electron chi connectivity index (χ3n) is 6.06. The standard InChI is InChI=1S/C26H28N2O5/c1-31-22-13-11-21(19-8-4-5-9-20(19)22)26(30)28-14-6-7-17(16-28)25(29)27-18-10-12-23(32-2)24(15-18)33-3/h4-5,8-13,15,17H,6-7,14,16H2,1-3H3,(H,27,29)/t17-/m0/s1. The van der Waals surface area contributed by atoms with Crippen molar-refractivity contribution in [1.82, 2.24) is 4.90 Å². The molecule has 7 nitrogen and oxygen atoms in total. The molecule has 1 atom stereocenters. The molecule has 0 unspecified atom stereocenters. The minimum atomic E-state index is -0.291. The van der Waals surface area contributed by atoms with Gasteiger partial charge in [0.2, 0.25) is 5.91 Å². The monoisotopic (exact) mass is 448 g/mol. The molecule has 1 aliphatic heterocycles. The van der Waals surface area contributed by atoms with E-state index >= 15 is 0 Å². The van der Waals surface area contributed by atoms with E-state index in [9.17, 15) is 9.59 Å². The fourth-order valence-corrected chi connectivity index (χ4v) is 4.34. The Balaban J connectivity index is 1.50. The van der Waals surface area contributed by atoms with Crippen molar-refractivity contribution in [3.63, 3.8) is 0 Å². The number of methoxy groups -OCH3 is 3. The zero-order valence-corrected chi connectivity index (χ0v) is 19.1. The number of amides is 2. The Morgan fingerprint density at radius 1 is 0.879 bits per heavy atom. The Labute approximate surface area is 193 Å². The number of hydrogen-bond donors (Lipinski definition) is 1. The SMILES string of the molecule is COc1ccc(NC(=O)[C@H]2CCCN(C(=O)c3ccc(OC)c4ccccc34)C2)cc1OC. The highest BCUT2D eigenvalue weighted by molar-refractivity contribution is 6.08. The number of nitrogens with zero attached hydrogens (tertiary/aromatic N) is 1. The number of hydrogen-bond acceptors (Lipinski definition) is 5. The predicted molar refractivity (Wildman–Crippen MR) is 127 cm³/mol. The highest BCUT2D eigenvalue weighted by Gasteiger charge is 2.30. The quantitative estimate of drug-likeness (QED) is 0.607. The number of benzene rings is 3.